The van der Waals surface area contributed by atoms with Crippen molar-refractivity contribution in [1.82, 2.24) is 19.8 Å². The van der Waals surface area contributed by atoms with Gasteiger partial charge in [0, 0.05) is 31.5 Å². The fourth-order valence-electron chi connectivity index (χ4n) is 2.41. The summed E-state index contributed by atoms with van der Waals surface area (Å²) in [5, 5.41) is 3.37. The molecule has 0 bridgehead atoms. The highest BCUT2D eigenvalue weighted by Crippen LogP contribution is 2.12. The summed E-state index contributed by atoms with van der Waals surface area (Å²) in [5.41, 5.74) is 0. The van der Waals surface area contributed by atoms with E-state index in [1.54, 1.807) is 0 Å². The molecular formula is C12H22N4. The second kappa shape index (κ2) is 5.46. The summed E-state index contributed by atoms with van der Waals surface area (Å²) < 4.78 is 2.23. The molecule has 0 amide bonds. The van der Waals surface area contributed by atoms with E-state index in [9.17, 15) is 0 Å². The lowest BCUT2D eigenvalue weighted by atomic mass is 10.1. The topological polar surface area (TPSA) is 33.1 Å². The van der Waals surface area contributed by atoms with Crippen LogP contribution >= 0.6 is 0 Å². The number of hydrogen-bond donors (Lipinski definition) is 1. The SMILES string of the molecule is CCn1ccnc1CN1CCCC(NC)C1. The minimum atomic E-state index is 0.652. The van der Waals surface area contributed by atoms with Crippen LogP contribution in [0, 0.1) is 0 Å². The molecule has 0 aliphatic carbocycles. The number of piperidine rings is 1. The van der Waals surface area contributed by atoms with E-state index in [1.165, 1.54) is 25.2 Å². The molecule has 1 aliphatic heterocycles. The number of aryl methyl sites for hydroxylation is 1. The molecule has 0 saturated carbocycles. The van der Waals surface area contributed by atoms with Gasteiger partial charge in [0.25, 0.3) is 0 Å². The lowest BCUT2D eigenvalue weighted by molar-refractivity contribution is 0.182. The van der Waals surface area contributed by atoms with E-state index in [-0.39, 0.29) is 0 Å². The van der Waals surface area contributed by atoms with E-state index in [4.69, 9.17) is 0 Å². The number of hydrogen-bond acceptors (Lipinski definition) is 3. The van der Waals surface area contributed by atoms with Crippen LogP contribution in [0.25, 0.3) is 0 Å². The Labute approximate surface area is 97.7 Å². The van der Waals surface area contributed by atoms with Gasteiger partial charge in [-0.05, 0) is 33.4 Å². The first-order chi connectivity index (χ1) is 7.83. The molecule has 1 fully saturated rings. The smallest absolute Gasteiger partial charge is 0.122 e. The number of likely N-dealkylation sites (N-methyl/N-ethyl adjacent to an activating group) is 1. The Kier molecular flexibility index (Phi) is 3.96. The first-order valence-corrected chi connectivity index (χ1v) is 6.23. The van der Waals surface area contributed by atoms with E-state index in [0.29, 0.717) is 6.04 Å². The third-order valence-corrected chi connectivity index (χ3v) is 3.42. The van der Waals surface area contributed by atoms with Crippen molar-refractivity contribution in [2.75, 3.05) is 20.1 Å². The van der Waals surface area contributed by atoms with Crippen molar-refractivity contribution in [2.24, 2.45) is 0 Å². The van der Waals surface area contributed by atoms with Gasteiger partial charge in [0.2, 0.25) is 0 Å². The standard InChI is InChI=1S/C12H22N4/c1-3-16-8-6-14-12(16)10-15-7-4-5-11(9-15)13-2/h6,8,11,13H,3-5,7,9-10H2,1-2H3. The van der Waals surface area contributed by atoms with Gasteiger partial charge in [-0.25, -0.2) is 4.98 Å². The maximum Gasteiger partial charge on any atom is 0.122 e. The maximum atomic E-state index is 4.43. The van der Waals surface area contributed by atoms with Crippen LogP contribution in [-0.2, 0) is 13.1 Å². The summed E-state index contributed by atoms with van der Waals surface area (Å²) in [5.74, 6) is 1.19. The Morgan fingerprint density at radius 1 is 1.56 bits per heavy atom. The summed E-state index contributed by atoms with van der Waals surface area (Å²) in [6, 6.07) is 0.652. The minimum Gasteiger partial charge on any atom is -0.334 e. The number of nitrogens with one attached hydrogen (secondary N) is 1. The van der Waals surface area contributed by atoms with Gasteiger partial charge < -0.3 is 9.88 Å². The van der Waals surface area contributed by atoms with Crippen molar-refractivity contribution in [1.29, 1.82) is 0 Å². The van der Waals surface area contributed by atoms with Crippen LogP contribution in [0.4, 0.5) is 0 Å². The first-order valence-electron chi connectivity index (χ1n) is 6.23. The molecule has 4 heteroatoms. The zero-order valence-corrected chi connectivity index (χ0v) is 10.3. The third-order valence-electron chi connectivity index (χ3n) is 3.42. The highest BCUT2D eigenvalue weighted by Gasteiger charge is 2.19. The predicted molar refractivity (Wildman–Crippen MR) is 65.3 cm³/mol. The quantitative estimate of drug-likeness (QED) is 0.828. The van der Waals surface area contributed by atoms with Gasteiger partial charge in [-0.1, -0.05) is 0 Å². The Balaban J connectivity index is 1.93. The molecule has 16 heavy (non-hydrogen) atoms. The van der Waals surface area contributed by atoms with Crippen molar-refractivity contribution in [3.63, 3.8) is 0 Å². The van der Waals surface area contributed by atoms with Gasteiger partial charge in [-0.15, -0.1) is 0 Å². The fraction of sp³-hybridized carbons (Fsp3) is 0.750. The molecule has 1 aliphatic rings. The highest BCUT2D eigenvalue weighted by atomic mass is 15.2. The molecular weight excluding hydrogens is 200 g/mol. The van der Waals surface area contributed by atoms with Gasteiger partial charge in [0.15, 0.2) is 0 Å². The number of likely N-dealkylation sites (tertiary alicyclic amines) is 1. The first kappa shape index (κ1) is 11.6. The van der Waals surface area contributed by atoms with Gasteiger partial charge in [-0.3, -0.25) is 4.90 Å². The van der Waals surface area contributed by atoms with Crippen LogP contribution in [0.3, 0.4) is 0 Å². The summed E-state index contributed by atoms with van der Waals surface area (Å²) >= 11 is 0. The Hall–Kier alpha value is -0.870. The Morgan fingerprint density at radius 2 is 2.44 bits per heavy atom. The third kappa shape index (κ3) is 2.62. The van der Waals surface area contributed by atoms with Gasteiger partial charge in [0.05, 0.1) is 6.54 Å². The number of nitrogens with zero attached hydrogens (tertiary/aromatic N) is 3. The fourth-order valence-corrected chi connectivity index (χ4v) is 2.41. The molecule has 1 N–H and O–H groups in total. The van der Waals surface area contributed by atoms with E-state index in [2.05, 4.69) is 39.9 Å². The lowest BCUT2D eigenvalue weighted by Crippen LogP contribution is -2.44. The molecule has 0 radical (unpaired) electrons. The van der Waals surface area contributed by atoms with Gasteiger partial charge >= 0.3 is 0 Å². The molecule has 2 heterocycles. The second-order valence-corrected chi connectivity index (χ2v) is 4.49. The molecule has 1 saturated heterocycles. The van der Waals surface area contributed by atoms with E-state index in [0.717, 1.165) is 19.6 Å². The maximum absolute atomic E-state index is 4.43. The Bertz CT molecular complexity index is 321. The summed E-state index contributed by atoms with van der Waals surface area (Å²) in [6.45, 7) is 6.51. The molecule has 90 valence electrons. The van der Waals surface area contributed by atoms with Crippen molar-refractivity contribution >= 4 is 0 Å². The molecule has 1 aromatic heterocycles. The van der Waals surface area contributed by atoms with Gasteiger partial charge in [-0.2, -0.15) is 0 Å². The lowest BCUT2D eigenvalue weighted by Gasteiger charge is -2.32. The van der Waals surface area contributed by atoms with E-state index < -0.39 is 0 Å². The van der Waals surface area contributed by atoms with Gasteiger partial charge in [0.1, 0.15) is 5.82 Å². The molecule has 2 rings (SSSR count). The summed E-state index contributed by atoms with van der Waals surface area (Å²) in [7, 11) is 2.06. The zero-order valence-electron chi connectivity index (χ0n) is 10.3. The summed E-state index contributed by atoms with van der Waals surface area (Å²) in [4.78, 5) is 6.93. The van der Waals surface area contributed by atoms with Crippen LogP contribution in [0.2, 0.25) is 0 Å². The number of aromatic nitrogens is 2. The van der Waals surface area contributed by atoms with Crippen LogP contribution in [0.1, 0.15) is 25.6 Å². The van der Waals surface area contributed by atoms with E-state index >= 15 is 0 Å². The molecule has 0 aromatic carbocycles. The Morgan fingerprint density at radius 3 is 3.19 bits per heavy atom. The second-order valence-electron chi connectivity index (χ2n) is 4.49. The van der Waals surface area contributed by atoms with Crippen LogP contribution < -0.4 is 5.32 Å². The largest absolute Gasteiger partial charge is 0.334 e. The summed E-state index contributed by atoms with van der Waals surface area (Å²) in [6.07, 6.45) is 6.56. The van der Waals surface area contributed by atoms with E-state index in [1.807, 2.05) is 6.20 Å². The van der Waals surface area contributed by atoms with Crippen LogP contribution in [-0.4, -0.2) is 40.6 Å². The molecule has 1 atom stereocenters. The van der Waals surface area contributed by atoms with Crippen molar-refractivity contribution in [3.05, 3.63) is 18.2 Å². The van der Waals surface area contributed by atoms with Crippen molar-refractivity contribution in [3.8, 4) is 0 Å². The number of rotatable bonds is 4. The normalized spacial score (nSPS) is 22.5. The minimum absolute atomic E-state index is 0.652. The highest BCUT2D eigenvalue weighted by molar-refractivity contribution is 4.93. The van der Waals surface area contributed by atoms with Crippen molar-refractivity contribution < 1.29 is 0 Å². The number of imidazole rings is 1. The van der Waals surface area contributed by atoms with Crippen LogP contribution in [0.5, 0.6) is 0 Å². The molecule has 0 spiro atoms. The predicted octanol–water partition coefficient (Wildman–Crippen LogP) is 1.09. The molecule has 1 unspecified atom stereocenters. The average molecular weight is 222 g/mol. The zero-order chi connectivity index (χ0) is 11.4. The molecule has 4 nitrogen and oxygen atoms in total. The molecule has 1 aromatic rings. The monoisotopic (exact) mass is 222 g/mol. The van der Waals surface area contributed by atoms with Crippen LogP contribution in [0.15, 0.2) is 12.4 Å². The van der Waals surface area contributed by atoms with Crippen molar-refractivity contribution in [2.45, 2.75) is 38.9 Å². The average Bonchev–Trinajstić information content (AvgIpc) is 2.76.